The molecule has 0 saturated heterocycles. The monoisotopic (exact) mass is 646 g/mol. The number of rotatable bonds is 16. The van der Waals surface area contributed by atoms with Crippen molar-refractivity contribution < 1.29 is 33.2 Å². The van der Waals surface area contributed by atoms with Crippen LogP contribution in [-0.2, 0) is 19.8 Å². The lowest BCUT2D eigenvalue weighted by Gasteiger charge is -2.15. The molecule has 246 valence electrons. The molecule has 0 aromatic heterocycles. The third kappa shape index (κ3) is 9.29. The Hall–Kier alpha value is -5.96. The van der Waals surface area contributed by atoms with Crippen LogP contribution in [0.15, 0.2) is 120 Å². The van der Waals surface area contributed by atoms with Crippen molar-refractivity contribution in [2.75, 3.05) is 20.8 Å². The lowest BCUT2D eigenvalue weighted by Crippen LogP contribution is -2.17. The second-order valence-corrected chi connectivity index (χ2v) is 10.5. The van der Waals surface area contributed by atoms with Gasteiger partial charge >= 0.3 is 0 Å². The van der Waals surface area contributed by atoms with E-state index < -0.39 is 5.91 Å². The Morgan fingerprint density at radius 2 is 1.12 bits per heavy atom. The van der Waals surface area contributed by atoms with Crippen molar-refractivity contribution in [3.63, 3.8) is 0 Å². The number of carbonyl (C=O) groups is 1. The summed E-state index contributed by atoms with van der Waals surface area (Å²) in [7, 11) is 3.14. The molecule has 9 heteroatoms. The van der Waals surface area contributed by atoms with Crippen molar-refractivity contribution in [3.05, 3.63) is 143 Å². The van der Waals surface area contributed by atoms with Crippen LogP contribution < -0.4 is 33.8 Å². The lowest BCUT2D eigenvalue weighted by atomic mass is 10.2. The van der Waals surface area contributed by atoms with Crippen LogP contribution in [-0.4, -0.2) is 32.9 Å². The number of benzene rings is 5. The molecule has 5 rings (SSSR count). The molecule has 0 aliphatic carbocycles. The van der Waals surface area contributed by atoms with Gasteiger partial charge in [-0.15, -0.1) is 0 Å². The molecule has 0 saturated carbocycles. The predicted molar refractivity (Wildman–Crippen MR) is 185 cm³/mol. The molecule has 48 heavy (non-hydrogen) atoms. The summed E-state index contributed by atoms with van der Waals surface area (Å²) >= 11 is 0. The van der Waals surface area contributed by atoms with E-state index in [2.05, 4.69) is 10.5 Å². The van der Waals surface area contributed by atoms with Gasteiger partial charge in [0.1, 0.15) is 19.8 Å². The molecule has 0 fully saturated rings. The van der Waals surface area contributed by atoms with Crippen LogP contribution in [0.1, 0.15) is 39.5 Å². The standard InChI is InChI=1S/C39H38N2O7/c1-4-45-38-21-30(24-40-41-39(42)32-17-20-34(37(23-32)44-3)47-26-29-13-9-6-10-14-29)15-18-35(38)48-27-31-16-19-33(36(22-31)43-2)46-25-28-11-7-5-8-12-28/h5-24H,4,25-27H2,1-3H3,(H,41,42)/b40-24+. The first kappa shape index (κ1) is 33.4. The van der Waals surface area contributed by atoms with Gasteiger partial charge in [0.25, 0.3) is 5.91 Å². The highest BCUT2D eigenvalue weighted by atomic mass is 16.5. The van der Waals surface area contributed by atoms with E-state index in [0.29, 0.717) is 66.5 Å². The molecule has 0 unspecified atom stereocenters. The van der Waals surface area contributed by atoms with Crippen molar-refractivity contribution in [3.8, 4) is 34.5 Å². The number of hydrazone groups is 1. The van der Waals surface area contributed by atoms with Crippen LogP contribution in [0.4, 0.5) is 0 Å². The Kier molecular flexibility index (Phi) is 11.9. The number of hydrogen-bond acceptors (Lipinski definition) is 8. The minimum Gasteiger partial charge on any atom is -0.493 e. The van der Waals surface area contributed by atoms with Gasteiger partial charge in [-0.05, 0) is 77.7 Å². The lowest BCUT2D eigenvalue weighted by molar-refractivity contribution is 0.0954. The summed E-state index contributed by atoms with van der Waals surface area (Å²) in [6.45, 7) is 3.46. The molecule has 5 aromatic carbocycles. The largest absolute Gasteiger partial charge is 0.493 e. The van der Waals surface area contributed by atoms with E-state index in [1.54, 1.807) is 31.4 Å². The van der Waals surface area contributed by atoms with Crippen molar-refractivity contribution in [2.45, 2.75) is 26.7 Å². The minimum atomic E-state index is -0.393. The molecule has 9 nitrogen and oxygen atoms in total. The normalized spacial score (nSPS) is 10.7. The third-order valence-electron chi connectivity index (χ3n) is 7.17. The van der Waals surface area contributed by atoms with Crippen LogP contribution in [0.3, 0.4) is 0 Å². The maximum absolute atomic E-state index is 12.8. The van der Waals surface area contributed by atoms with Crippen LogP contribution >= 0.6 is 0 Å². The summed E-state index contributed by atoms with van der Waals surface area (Å²) in [4.78, 5) is 12.8. The predicted octanol–water partition coefficient (Wildman–Crippen LogP) is 7.60. The quantitative estimate of drug-likeness (QED) is 0.0871. The third-order valence-corrected chi connectivity index (χ3v) is 7.17. The summed E-state index contributed by atoms with van der Waals surface area (Å²) < 4.78 is 34.8. The van der Waals surface area contributed by atoms with Crippen LogP contribution in [0.2, 0.25) is 0 Å². The summed E-state index contributed by atoms with van der Waals surface area (Å²) in [5.74, 6) is 3.00. The van der Waals surface area contributed by atoms with E-state index in [0.717, 1.165) is 22.3 Å². The molecule has 0 aliphatic heterocycles. The van der Waals surface area contributed by atoms with Crippen molar-refractivity contribution >= 4 is 12.1 Å². The molecule has 0 radical (unpaired) electrons. The number of carbonyl (C=O) groups excluding carboxylic acids is 1. The van der Waals surface area contributed by atoms with E-state index in [-0.39, 0.29) is 0 Å². The Morgan fingerprint density at radius 1 is 0.583 bits per heavy atom. The SMILES string of the molecule is CCOc1cc(/C=N/NC(=O)c2ccc(OCc3ccccc3)c(OC)c2)ccc1OCc1ccc(OCc2ccccc2)c(OC)c1. The zero-order valence-electron chi connectivity index (χ0n) is 27.2. The van der Waals surface area contributed by atoms with Gasteiger partial charge in [0, 0.05) is 5.56 Å². The fraction of sp³-hybridized carbons (Fsp3) is 0.179. The van der Waals surface area contributed by atoms with E-state index >= 15 is 0 Å². The summed E-state index contributed by atoms with van der Waals surface area (Å²) in [5.41, 5.74) is 6.66. The van der Waals surface area contributed by atoms with Gasteiger partial charge in [-0.3, -0.25) is 4.79 Å². The van der Waals surface area contributed by atoms with Crippen LogP contribution in [0.25, 0.3) is 0 Å². The number of methoxy groups -OCH3 is 2. The molecular weight excluding hydrogens is 608 g/mol. The van der Waals surface area contributed by atoms with E-state index in [9.17, 15) is 4.79 Å². The van der Waals surface area contributed by atoms with Gasteiger partial charge < -0.3 is 28.4 Å². The van der Waals surface area contributed by atoms with Crippen molar-refractivity contribution in [2.24, 2.45) is 5.10 Å². The van der Waals surface area contributed by atoms with Crippen molar-refractivity contribution in [1.29, 1.82) is 0 Å². The molecular formula is C39H38N2O7. The fourth-order valence-electron chi connectivity index (χ4n) is 4.70. The highest BCUT2D eigenvalue weighted by Gasteiger charge is 2.13. The number of ether oxygens (including phenoxy) is 6. The second-order valence-electron chi connectivity index (χ2n) is 10.5. The maximum atomic E-state index is 12.8. The molecule has 5 aromatic rings. The maximum Gasteiger partial charge on any atom is 0.271 e. The number of nitrogens with one attached hydrogen (secondary N) is 1. The first-order valence-electron chi connectivity index (χ1n) is 15.5. The summed E-state index contributed by atoms with van der Waals surface area (Å²) in [6, 6.07) is 35.9. The van der Waals surface area contributed by atoms with Gasteiger partial charge in [-0.1, -0.05) is 66.7 Å². The van der Waals surface area contributed by atoms with Gasteiger partial charge in [-0.25, -0.2) is 5.43 Å². The van der Waals surface area contributed by atoms with Crippen LogP contribution in [0, 0.1) is 0 Å². The molecule has 0 bridgehead atoms. The molecule has 0 spiro atoms. The summed E-state index contributed by atoms with van der Waals surface area (Å²) in [5, 5.41) is 4.14. The minimum absolute atomic E-state index is 0.290. The fourth-order valence-corrected chi connectivity index (χ4v) is 4.70. The van der Waals surface area contributed by atoms with Crippen molar-refractivity contribution in [1.82, 2.24) is 5.43 Å². The van der Waals surface area contributed by atoms with E-state index in [4.69, 9.17) is 28.4 Å². The highest BCUT2D eigenvalue weighted by Crippen LogP contribution is 2.32. The zero-order valence-corrected chi connectivity index (χ0v) is 27.2. The Labute approximate surface area is 280 Å². The topological polar surface area (TPSA) is 96.8 Å². The van der Waals surface area contributed by atoms with E-state index in [1.807, 2.05) is 97.9 Å². The Balaban J connectivity index is 1.17. The first-order chi connectivity index (χ1) is 23.6. The second kappa shape index (κ2) is 17.1. The zero-order chi connectivity index (χ0) is 33.6. The van der Waals surface area contributed by atoms with Gasteiger partial charge in [0.15, 0.2) is 34.5 Å². The van der Waals surface area contributed by atoms with Gasteiger partial charge in [-0.2, -0.15) is 5.10 Å². The molecule has 0 atom stereocenters. The average Bonchev–Trinajstić information content (AvgIpc) is 3.13. The van der Waals surface area contributed by atoms with Gasteiger partial charge in [0.2, 0.25) is 0 Å². The van der Waals surface area contributed by atoms with Gasteiger partial charge in [0.05, 0.1) is 27.0 Å². The number of amides is 1. The first-order valence-corrected chi connectivity index (χ1v) is 15.5. The van der Waals surface area contributed by atoms with Crippen LogP contribution in [0.5, 0.6) is 34.5 Å². The smallest absolute Gasteiger partial charge is 0.271 e. The number of hydrogen-bond donors (Lipinski definition) is 1. The molecule has 0 heterocycles. The Morgan fingerprint density at radius 3 is 1.73 bits per heavy atom. The van der Waals surface area contributed by atoms with E-state index in [1.165, 1.54) is 13.3 Å². The molecule has 0 aliphatic rings. The number of nitrogens with zero attached hydrogens (tertiary/aromatic N) is 1. The molecule has 1 amide bonds. The summed E-state index contributed by atoms with van der Waals surface area (Å²) in [6.07, 6.45) is 1.54. The Bertz CT molecular complexity index is 1810. The average molecular weight is 647 g/mol. The highest BCUT2D eigenvalue weighted by molar-refractivity contribution is 5.95. The molecule has 1 N–H and O–H groups in total.